The summed E-state index contributed by atoms with van der Waals surface area (Å²) in [4.78, 5) is 27.6. The van der Waals surface area contributed by atoms with Gasteiger partial charge < -0.3 is 15.5 Å². The van der Waals surface area contributed by atoms with Gasteiger partial charge in [-0.15, -0.1) is 0 Å². The number of nitrogens with zero attached hydrogens (tertiary/aromatic N) is 1. The fraction of sp³-hybridized carbons (Fsp3) is 0.478. The predicted molar refractivity (Wildman–Crippen MR) is 113 cm³/mol. The van der Waals surface area contributed by atoms with Crippen molar-refractivity contribution in [3.8, 4) is 0 Å². The van der Waals surface area contributed by atoms with E-state index in [0.717, 1.165) is 36.6 Å². The molecular formula is C23H29N3O2. The van der Waals surface area contributed by atoms with E-state index in [4.69, 9.17) is 0 Å². The van der Waals surface area contributed by atoms with E-state index < -0.39 is 0 Å². The van der Waals surface area contributed by atoms with Crippen molar-refractivity contribution in [1.82, 2.24) is 10.2 Å². The average molecular weight is 380 g/mol. The Balaban J connectivity index is 1.42. The first-order chi connectivity index (χ1) is 13.7. The number of benzene rings is 2. The summed E-state index contributed by atoms with van der Waals surface area (Å²) in [6.07, 6.45) is 6.74. The molecule has 0 unspecified atom stereocenters. The standard InChI is InChI=1S/C23H29N3O2/c27-22(17-9-10-17)25-21-16-19-8-3-2-7-18(19)15-20(21)23(28)24-11-6-14-26-12-4-1-5-13-26/h2-3,7-8,15-17H,1,4-6,9-14H2,(H,24,28)(H,25,27). The van der Waals surface area contributed by atoms with Crippen LogP contribution in [0.2, 0.25) is 0 Å². The Hall–Kier alpha value is -2.40. The molecule has 5 nitrogen and oxygen atoms in total. The average Bonchev–Trinajstić information content (AvgIpc) is 3.57. The second kappa shape index (κ2) is 8.74. The Morgan fingerprint density at radius 2 is 1.71 bits per heavy atom. The Morgan fingerprint density at radius 3 is 2.43 bits per heavy atom. The third-order valence-electron chi connectivity index (χ3n) is 5.72. The molecule has 2 aromatic rings. The molecule has 28 heavy (non-hydrogen) atoms. The highest BCUT2D eigenvalue weighted by atomic mass is 16.2. The van der Waals surface area contributed by atoms with Gasteiger partial charge in [-0.25, -0.2) is 0 Å². The van der Waals surface area contributed by atoms with E-state index >= 15 is 0 Å². The maximum atomic E-state index is 12.9. The van der Waals surface area contributed by atoms with Gasteiger partial charge in [0.2, 0.25) is 5.91 Å². The molecule has 1 aliphatic heterocycles. The normalized spacial score (nSPS) is 17.4. The fourth-order valence-electron chi connectivity index (χ4n) is 3.89. The molecule has 1 heterocycles. The summed E-state index contributed by atoms with van der Waals surface area (Å²) in [5.41, 5.74) is 1.16. The molecule has 0 spiro atoms. The molecule has 1 saturated heterocycles. The van der Waals surface area contributed by atoms with Gasteiger partial charge in [-0.3, -0.25) is 9.59 Å². The van der Waals surface area contributed by atoms with Crippen LogP contribution in [0.5, 0.6) is 0 Å². The van der Waals surface area contributed by atoms with Crippen molar-refractivity contribution in [3.05, 3.63) is 42.0 Å². The van der Waals surface area contributed by atoms with Crippen LogP contribution in [0.3, 0.4) is 0 Å². The first kappa shape index (κ1) is 18.9. The van der Waals surface area contributed by atoms with E-state index in [1.807, 2.05) is 36.4 Å². The molecule has 2 N–H and O–H groups in total. The van der Waals surface area contributed by atoms with Gasteiger partial charge in [0, 0.05) is 12.5 Å². The van der Waals surface area contributed by atoms with Gasteiger partial charge >= 0.3 is 0 Å². The first-order valence-corrected chi connectivity index (χ1v) is 10.5. The molecule has 2 aromatic carbocycles. The van der Waals surface area contributed by atoms with Gasteiger partial charge in [0.15, 0.2) is 0 Å². The Morgan fingerprint density at radius 1 is 1.00 bits per heavy atom. The molecule has 1 saturated carbocycles. The van der Waals surface area contributed by atoms with Crippen molar-refractivity contribution in [2.75, 3.05) is 31.5 Å². The maximum absolute atomic E-state index is 12.9. The molecular weight excluding hydrogens is 350 g/mol. The van der Waals surface area contributed by atoms with E-state index in [1.54, 1.807) is 0 Å². The van der Waals surface area contributed by atoms with E-state index in [0.29, 0.717) is 17.8 Å². The molecule has 0 bridgehead atoms. The number of piperidine rings is 1. The van der Waals surface area contributed by atoms with E-state index in [-0.39, 0.29) is 17.7 Å². The molecule has 148 valence electrons. The van der Waals surface area contributed by atoms with E-state index in [2.05, 4.69) is 15.5 Å². The van der Waals surface area contributed by atoms with Crippen LogP contribution in [0.15, 0.2) is 36.4 Å². The summed E-state index contributed by atoms with van der Waals surface area (Å²) in [5.74, 6) is 0.0110. The summed E-state index contributed by atoms with van der Waals surface area (Å²) in [5, 5.41) is 8.05. The van der Waals surface area contributed by atoms with Crippen LogP contribution in [-0.2, 0) is 4.79 Å². The highest BCUT2D eigenvalue weighted by Gasteiger charge is 2.30. The number of anilines is 1. The van der Waals surface area contributed by atoms with Crippen molar-refractivity contribution in [2.45, 2.75) is 38.5 Å². The van der Waals surface area contributed by atoms with Gasteiger partial charge in [0.25, 0.3) is 5.91 Å². The lowest BCUT2D eigenvalue weighted by Gasteiger charge is -2.26. The third-order valence-corrected chi connectivity index (χ3v) is 5.72. The number of nitrogens with one attached hydrogen (secondary N) is 2. The minimum Gasteiger partial charge on any atom is -0.352 e. The second-order valence-corrected chi connectivity index (χ2v) is 8.02. The molecule has 1 aliphatic carbocycles. The molecule has 0 atom stereocenters. The van der Waals surface area contributed by atoms with Crippen LogP contribution in [0.1, 0.15) is 48.9 Å². The Kier molecular flexibility index (Phi) is 5.91. The zero-order valence-corrected chi connectivity index (χ0v) is 16.4. The van der Waals surface area contributed by atoms with E-state index in [1.165, 1.54) is 32.4 Å². The summed E-state index contributed by atoms with van der Waals surface area (Å²) < 4.78 is 0. The van der Waals surface area contributed by atoms with Crippen molar-refractivity contribution in [1.29, 1.82) is 0 Å². The largest absolute Gasteiger partial charge is 0.352 e. The maximum Gasteiger partial charge on any atom is 0.253 e. The topological polar surface area (TPSA) is 61.4 Å². The summed E-state index contributed by atoms with van der Waals surface area (Å²) in [6.45, 7) is 4.04. The monoisotopic (exact) mass is 379 g/mol. The number of likely N-dealkylation sites (tertiary alicyclic amines) is 1. The summed E-state index contributed by atoms with van der Waals surface area (Å²) in [7, 11) is 0. The molecule has 2 fully saturated rings. The van der Waals surface area contributed by atoms with Gasteiger partial charge in [-0.1, -0.05) is 30.7 Å². The Bertz CT molecular complexity index is 854. The SMILES string of the molecule is O=C(NCCCN1CCCCC1)c1cc2ccccc2cc1NC(=O)C1CC1. The van der Waals surface area contributed by atoms with Crippen molar-refractivity contribution in [2.24, 2.45) is 5.92 Å². The Labute approximate surface area is 166 Å². The highest BCUT2D eigenvalue weighted by Crippen LogP contribution is 2.32. The van der Waals surface area contributed by atoms with Crippen molar-refractivity contribution >= 4 is 28.3 Å². The molecule has 4 rings (SSSR count). The van der Waals surface area contributed by atoms with Gasteiger partial charge in [0.05, 0.1) is 11.3 Å². The zero-order valence-electron chi connectivity index (χ0n) is 16.4. The number of amides is 2. The van der Waals surface area contributed by atoms with Crippen LogP contribution >= 0.6 is 0 Å². The van der Waals surface area contributed by atoms with Gasteiger partial charge in [-0.2, -0.15) is 0 Å². The number of hydrogen-bond acceptors (Lipinski definition) is 3. The molecule has 2 aliphatic rings. The van der Waals surface area contributed by atoms with Crippen molar-refractivity contribution < 1.29 is 9.59 Å². The first-order valence-electron chi connectivity index (χ1n) is 10.5. The summed E-state index contributed by atoms with van der Waals surface area (Å²) in [6, 6.07) is 11.7. The van der Waals surface area contributed by atoms with Crippen molar-refractivity contribution in [3.63, 3.8) is 0 Å². The molecule has 0 radical (unpaired) electrons. The minimum absolute atomic E-state index is 0.0226. The van der Waals surface area contributed by atoms with Gasteiger partial charge in [-0.05, 0) is 74.6 Å². The van der Waals surface area contributed by atoms with Crippen LogP contribution in [0.25, 0.3) is 10.8 Å². The molecule has 0 aromatic heterocycles. The van der Waals surface area contributed by atoms with Crippen LogP contribution < -0.4 is 10.6 Å². The van der Waals surface area contributed by atoms with Crippen LogP contribution in [0.4, 0.5) is 5.69 Å². The highest BCUT2D eigenvalue weighted by molar-refractivity contribution is 6.08. The second-order valence-electron chi connectivity index (χ2n) is 8.02. The zero-order chi connectivity index (χ0) is 19.3. The number of carbonyl (C=O) groups is 2. The minimum atomic E-state index is -0.115. The van der Waals surface area contributed by atoms with E-state index in [9.17, 15) is 9.59 Å². The third kappa shape index (κ3) is 4.71. The summed E-state index contributed by atoms with van der Waals surface area (Å²) >= 11 is 0. The number of hydrogen-bond donors (Lipinski definition) is 2. The van der Waals surface area contributed by atoms with Crippen LogP contribution in [-0.4, -0.2) is 42.9 Å². The predicted octanol–water partition coefficient (Wildman–Crippen LogP) is 3.79. The van der Waals surface area contributed by atoms with Crippen LogP contribution in [0, 0.1) is 5.92 Å². The quantitative estimate of drug-likeness (QED) is 0.720. The number of fused-ring (bicyclic) bond motifs is 1. The molecule has 2 amide bonds. The number of rotatable bonds is 7. The lowest BCUT2D eigenvalue weighted by atomic mass is 10.0. The fourth-order valence-corrected chi connectivity index (χ4v) is 3.89. The lowest BCUT2D eigenvalue weighted by Crippen LogP contribution is -2.33. The lowest BCUT2D eigenvalue weighted by molar-refractivity contribution is -0.117. The smallest absolute Gasteiger partial charge is 0.253 e. The van der Waals surface area contributed by atoms with Gasteiger partial charge in [0.1, 0.15) is 0 Å². The number of carbonyl (C=O) groups excluding carboxylic acids is 2. The molecule has 5 heteroatoms.